The molecule has 1 fully saturated rings. The molecule has 2 heterocycles. The average Bonchev–Trinajstić information content (AvgIpc) is 2.45. The maximum atomic E-state index is 12.3. The summed E-state index contributed by atoms with van der Waals surface area (Å²) in [6.07, 6.45) is 0. The van der Waals surface area contributed by atoms with Crippen LogP contribution in [0.2, 0.25) is 0 Å². The van der Waals surface area contributed by atoms with Crippen molar-refractivity contribution < 1.29 is 23.9 Å². The summed E-state index contributed by atoms with van der Waals surface area (Å²) in [6, 6.07) is 4.80. The van der Waals surface area contributed by atoms with Crippen molar-refractivity contribution in [1.82, 2.24) is 10.2 Å². The van der Waals surface area contributed by atoms with Gasteiger partial charge in [0.15, 0.2) is 11.5 Å². The number of piperazine rings is 1. The average molecular weight is 276 g/mol. The fourth-order valence-electron chi connectivity index (χ4n) is 2.14. The topological polar surface area (TPSA) is 84.9 Å². The molecule has 1 aromatic carbocycles. The van der Waals surface area contributed by atoms with E-state index in [4.69, 9.17) is 9.47 Å². The smallest absolute Gasteiger partial charge is 0.254 e. The molecule has 104 valence electrons. The number of ether oxygens (including phenoxy) is 2. The van der Waals surface area contributed by atoms with Gasteiger partial charge in [-0.25, -0.2) is 0 Å². The Morgan fingerprint density at radius 3 is 2.40 bits per heavy atom. The van der Waals surface area contributed by atoms with Gasteiger partial charge in [0, 0.05) is 5.56 Å². The number of benzene rings is 1. The highest BCUT2D eigenvalue weighted by molar-refractivity contribution is 6.05. The van der Waals surface area contributed by atoms with Gasteiger partial charge >= 0.3 is 0 Å². The molecule has 0 spiro atoms. The first-order valence-corrected chi connectivity index (χ1v) is 6.15. The molecule has 1 saturated heterocycles. The van der Waals surface area contributed by atoms with E-state index < -0.39 is 11.8 Å². The lowest BCUT2D eigenvalue weighted by Crippen LogP contribution is -2.53. The van der Waals surface area contributed by atoms with E-state index in [0.29, 0.717) is 30.3 Å². The molecule has 7 heteroatoms. The van der Waals surface area contributed by atoms with E-state index in [9.17, 15) is 14.4 Å². The van der Waals surface area contributed by atoms with Crippen molar-refractivity contribution in [3.8, 4) is 11.5 Å². The first-order chi connectivity index (χ1) is 9.63. The second kappa shape index (κ2) is 4.84. The lowest BCUT2D eigenvalue weighted by Gasteiger charge is -2.26. The summed E-state index contributed by atoms with van der Waals surface area (Å²) < 4.78 is 10.8. The number of fused-ring (bicyclic) bond motifs is 1. The predicted octanol–water partition coefficient (Wildman–Crippen LogP) is -0.444. The molecule has 2 aliphatic rings. The van der Waals surface area contributed by atoms with E-state index in [2.05, 4.69) is 5.32 Å². The molecule has 20 heavy (non-hydrogen) atoms. The highest BCUT2D eigenvalue weighted by atomic mass is 16.6. The van der Waals surface area contributed by atoms with Gasteiger partial charge in [0.05, 0.1) is 0 Å². The van der Waals surface area contributed by atoms with Crippen LogP contribution < -0.4 is 14.8 Å². The molecule has 0 radical (unpaired) electrons. The van der Waals surface area contributed by atoms with Crippen molar-refractivity contribution in [3.05, 3.63) is 23.8 Å². The van der Waals surface area contributed by atoms with Gasteiger partial charge in [0.25, 0.3) is 5.91 Å². The maximum absolute atomic E-state index is 12.3. The van der Waals surface area contributed by atoms with Crippen molar-refractivity contribution in [2.75, 3.05) is 26.3 Å². The largest absolute Gasteiger partial charge is 0.486 e. The van der Waals surface area contributed by atoms with E-state index in [1.165, 1.54) is 4.90 Å². The number of carbonyl (C=O) groups is 3. The van der Waals surface area contributed by atoms with Crippen LogP contribution in [0.1, 0.15) is 10.4 Å². The minimum atomic E-state index is -0.479. The molecule has 7 nitrogen and oxygen atoms in total. The molecule has 3 amide bonds. The number of amides is 3. The number of nitrogens with zero attached hydrogens (tertiary/aromatic N) is 1. The summed E-state index contributed by atoms with van der Waals surface area (Å²) in [5, 5.41) is 2.15. The first kappa shape index (κ1) is 12.5. The minimum Gasteiger partial charge on any atom is -0.486 e. The molecule has 0 unspecified atom stereocenters. The van der Waals surface area contributed by atoms with Gasteiger partial charge in [0.1, 0.15) is 26.3 Å². The number of imide groups is 1. The molecule has 1 N–H and O–H groups in total. The van der Waals surface area contributed by atoms with Crippen molar-refractivity contribution in [3.63, 3.8) is 0 Å². The van der Waals surface area contributed by atoms with E-state index in [-0.39, 0.29) is 19.0 Å². The molecule has 0 aromatic heterocycles. The van der Waals surface area contributed by atoms with Crippen molar-refractivity contribution in [2.24, 2.45) is 0 Å². The van der Waals surface area contributed by atoms with Crippen molar-refractivity contribution in [2.45, 2.75) is 0 Å². The lowest BCUT2D eigenvalue weighted by atomic mass is 10.1. The number of rotatable bonds is 1. The molecule has 0 aliphatic carbocycles. The standard InChI is InChI=1S/C13H12N2O5/c16-11-6-15(7-12(17)14-11)13(18)8-1-2-9-10(5-8)20-4-3-19-9/h1-2,5H,3-4,6-7H2,(H,14,16,17). The Labute approximate surface area is 114 Å². The third-order valence-electron chi connectivity index (χ3n) is 3.02. The summed E-state index contributed by atoms with van der Waals surface area (Å²) in [5.74, 6) is -0.264. The summed E-state index contributed by atoms with van der Waals surface area (Å²) in [6.45, 7) is 0.647. The number of hydrogen-bond acceptors (Lipinski definition) is 5. The van der Waals surface area contributed by atoms with Gasteiger partial charge in [-0.1, -0.05) is 0 Å². The highest BCUT2D eigenvalue weighted by Crippen LogP contribution is 2.31. The van der Waals surface area contributed by atoms with Crippen LogP contribution in [0.25, 0.3) is 0 Å². The monoisotopic (exact) mass is 276 g/mol. The molecule has 0 saturated carbocycles. The molecule has 0 atom stereocenters. The van der Waals surface area contributed by atoms with Crippen LogP contribution in [0.4, 0.5) is 0 Å². The number of carbonyl (C=O) groups excluding carboxylic acids is 3. The summed E-state index contributed by atoms with van der Waals surface area (Å²) in [5.41, 5.74) is 0.358. The van der Waals surface area contributed by atoms with Gasteiger partial charge in [-0.05, 0) is 18.2 Å². The second-order valence-corrected chi connectivity index (χ2v) is 4.49. The Balaban J connectivity index is 1.83. The van der Waals surface area contributed by atoms with Crippen LogP contribution in [-0.2, 0) is 9.59 Å². The Morgan fingerprint density at radius 1 is 1.05 bits per heavy atom. The van der Waals surface area contributed by atoms with Crippen molar-refractivity contribution in [1.29, 1.82) is 0 Å². The predicted molar refractivity (Wildman–Crippen MR) is 66.5 cm³/mol. The van der Waals surface area contributed by atoms with Gasteiger partial charge < -0.3 is 14.4 Å². The lowest BCUT2D eigenvalue weighted by molar-refractivity contribution is -0.135. The fourth-order valence-corrected chi connectivity index (χ4v) is 2.14. The third-order valence-corrected chi connectivity index (χ3v) is 3.02. The summed E-state index contributed by atoms with van der Waals surface area (Å²) >= 11 is 0. The van der Waals surface area contributed by atoms with Crippen LogP contribution in [0, 0.1) is 0 Å². The second-order valence-electron chi connectivity index (χ2n) is 4.49. The Bertz CT molecular complexity index is 582. The van der Waals surface area contributed by atoms with Gasteiger partial charge in [-0.3, -0.25) is 19.7 Å². The zero-order chi connectivity index (χ0) is 14.1. The van der Waals surface area contributed by atoms with Crippen LogP contribution in [0.5, 0.6) is 11.5 Å². The Morgan fingerprint density at radius 2 is 1.70 bits per heavy atom. The van der Waals surface area contributed by atoms with Crippen LogP contribution in [0.3, 0.4) is 0 Å². The van der Waals surface area contributed by atoms with E-state index in [1.54, 1.807) is 18.2 Å². The molecule has 0 bridgehead atoms. The minimum absolute atomic E-state index is 0.126. The van der Waals surface area contributed by atoms with E-state index >= 15 is 0 Å². The zero-order valence-electron chi connectivity index (χ0n) is 10.5. The van der Waals surface area contributed by atoms with Crippen molar-refractivity contribution >= 4 is 17.7 Å². The molecular weight excluding hydrogens is 264 g/mol. The van der Waals surface area contributed by atoms with Crippen LogP contribution >= 0.6 is 0 Å². The fraction of sp³-hybridized carbons (Fsp3) is 0.308. The van der Waals surface area contributed by atoms with E-state index in [0.717, 1.165) is 0 Å². The molecule has 1 aromatic rings. The van der Waals surface area contributed by atoms with Gasteiger partial charge in [-0.2, -0.15) is 0 Å². The van der Waals surface area contributed by atoms with E-state index in [1.807, 2.05) is 0 Å². The summed E-state index contributed by atoms with van der Waals surface area (Å²) in [4.78, 5) is 36.0. The summed E-state index contributed by atoms with van der Waals surface area (Å²) in [7, 11) is 0. The van der Waals surface area contributed by atoms with Crippen LogP contribution in [0.15, 0.2) is 18.2 Å². The SMILES string of the molecule is O=C1CN(C(=O)c2ccc3c(c2)OCCO3)CC(=O)N1. The first-order valence-electron chi connectivity index (χ1n) is 6.15. The van der Waals surface area contributed by atoms with Gasteiger partial charge in [-0.15, -0.1) is 0 Å². The normalized spacial score (nSPS) is 17.7. The number of nitrogens with one attached hydrogen (secondary N) is 1. The van der Waals surface area contributed by atoms with Crippen LogP contribution in [-0.4, -0.2) is 48.9 Å². The quantitative estimate of drug-likeness (QED) is 0.703. The Kier molecular flexibility index (Phi) is 3.02. The third kappa shape index (κ3) is 2.29. The molecule has 3 rings (SSSR count). The number of hydrogen-bond donors (Lipinski definition) is 1. The zero-order valence-corrected chi connectivity index (χ0v) is 10.5. The maximum Gasteiger partial charge on any atom is 0.254 e. The Hall–Kier alpha value is -2.57. The highest BCUT2D eigenvalue weighted by Gasteiger charge is 2.27. The molecule has 2 aliphatic heterocycles. The molecular formula is C13H12N2O5. The van der Waals surface area contributed by atoms with Gasteiger partial charge in [0.2, 0.25) is 11.8 Å².